The second-order valence-corrected chi connectivity index (χ2v) is 8.25. The van der Waals surface area contributed by atoms with Gasteiger partial charge >= 0.3 is 6.18 Å². The first kappa shape index (κ1) is 23.3. The summed E-state index contributed by atoms with van der Waals surface area (Å²) in [5.41, 5.74) is -1.04. The first-order chi connectivity index (χ1) is 15.1. The molecule has 0 saturated heterocycles. The van der Waals surface area contributed by atoms with Gasteiger partial charge in [-0.3, -0.25) is 19.7 Å². The average molecular weight is 481 g/mol. The highest BCUT2D eigenvalue weighted by Gasteiger charge is 2.33. The van der Waals surface area contributed by atoms with Gasteiger partial charge in [-0.2, -0.15) is 13.2 Å². The maximum absolute atomic E-state index is 12.8. The van der Waals surface area contributed by atoms with Crippen LogP contribution in [0.2, 0.25) is 0 Å². The van der Waals surface area contributed by atoms with Gasteiger partial charge < -0.3 is 10.6 Å². The summed E-state index contributed by atoms with van der Waals surface area (Å²) in [6.45, 7) is 0. The molecule has 2 amide bonds. The van der Waals surface area contributed by atoms with E-state index >= 15 is 0 Å². The third-order valence-electron chi connectivity index (χ3n) is 3.99. The van der Waals surface area contributed by atoms with E-state index in [-0.39, 0.29) is 16.6 Å². The van der Waals surface area contributed by atoms with Crippen molar-refractivity contribution in [2.24, 2.45) is 0 Å². The molecule has 1 aromatic heterocycles. The number of amides is 2. The Balaban J connectivity index is 1.63. The van der Waals surface area contributed by atoms with Gasteiger partial charge in [0.15, 0.2) is 0 Å². The number of carbonyl (C=O) groups excluding carboxylic acids is 2. The number of carbonyl (C=O) groups is 2. The van der Waals surface area contributed by atoms with Crippen LogP contribution < -0.4 is 10.6 Å². The zero-order chi connectivity index (χ0) is 23.3. The number of nitro benzene ring substituents is 1. The van der Waals surface area contributed by atoms with Crippen molar-refractivity contribution in [1.82, 2.24) is 0 Å². The maximum Gasteiger partial charge on any atom is 0.416 e. The monoisotopic (exact) mass is 481 g/mol. The minimum Gasteiger partial charge on any atom is -0.325 e. The molecular formula is C20H14F3N3O4S2. The van der Waals surface area contributed by atoms with Crippen molar-refractivity contribution in [2.45, 2.75) is 11.1 Å². The van der Waals surface area contributed by atoms with E-state index in [0.29, 0.717) is 22.3 Å². The van der Waals surface area contributed by atoms with E-state index in [9.17, 15) is 32.9 Å². The lowest BCUT2D eigenvalue weighted by atomic mass is 10.2. The quantitative estimate of drug-likeness (QED) is 0.258. The van der Waals surface area contributed by atoms with Crippen molar-refractivity contribution in [3.05, 3.63) is 80.5 Å². The fourth-order valence-corrected chi connectivity index (χ4v) is 4.00. The standard InChI is InChI=1S/C20H14F3N3O4S2/c21-20(22,23)12-6-7-16(15(9-12)26(29)30)32-11-18(27)24-13-3-1-4-14(10-13)25-19(28)17-5-2-8-31-17/h1-10H,11H2,(H,24,27)(H,25,28). The van der Waals surface area contributed by atoms with Crippen molar-refractivity contribution >= 4 is 52.0 Å². The number of thioether (sulfide) groups is 1. The largest absolute Gasteiger partial charge is 0.416 e. The minimum absolute atomic E-state index is 0.0601. The van der Waals surface area contributed by atoms with Crippen LogP contribution in [-0.2, 0) is 11.0 Å². The Morgan fingerprint density at radius 1 is 1.03 bits per heavy atom. The molecule has 0 aliphatic carbocycles. The third kappa shape index (κ3) is 6.08. The second kappa shape index (κ2) is 9.83. The number of rotatable bonds is 7. The summed E-state index contributed by atoms with van der Waals surface area (Å²) < 4.78 is 38.4. The van der Waals surface area contributed by atoms with Gasteiger partial charge in [0.2, 0.25) is 5.91 Å². The van der Waals surface area contributed by atoms with Gasteiger partial charge in [0.25, 0.3) is 11.6 Å². The van der Waals surface area contributed by atoms with Crippen molar-refractivity contribution in [1.29, 1.82) is 0 Å². The third-order valence-corrected chi connectivity index (χ3v) is 5.92. The minimum atomic E-state index is -4.71. The van der Waals surface area contributed by atoms with Gasteiger partial charge in [0.05, 0.1) is 26.0 Å². The van der Waals surface area contributed by atoms with Crippen LogP contribution in [0.1, 0.15) is 15.2 Å². The molecule has 12 heteroatoms. The molecule has 0 aliphatic rings. The van der Waals surface area contributed by atoms with Crippen molar-refractivity contribution in [3.8, 4) is 0 Å². The molecule has 166 valence electrons. The Kier molecular flexibility index (Phi) is 7.15. The van der Waals surface area contributed by atoms with Crippen LogP contribution in [-0.4, -0.2) is 22.5 Å². The topological polar surface area (TPSA) is 101 Å². The van der Waals surface area contributed by atoms with Gasteiger partial charge in [-0.15, -0.1) is 23.1 Å². The molecule has 32 heavy (non-hydrogen) atoms. The molecule has 3 rings (SSSR count). The normalized spacial score (nSPS) is 11.1. The van der Waals surface area contributed by atoms with Crippen molar-refractivity contribution in [2.75, 3.05) is 16.4 Å². The Hall–Kier alpha value is -3.38. The number of hydrogen-bond donors (Lipinski definition) is 2. The van der Waals surface area contributed by atoms with Crippen LogP contribution in [0.25, 0.3) is 0 Å². The molecule has 2 aromatic carbocycles. The molecule has 0 bridgehead atoms. The van der Waals surface area contributed by atoms with E-state index in [1.807, 2.05) is 0 Å². The molecule has 0 aliphatic heterocycles. The molecule has 2 N–H and O–H groups in total. The van der Waals surface area contributed by atoms with Crippen LogP contribution in [0.3, 0.4) is 0 Å². The predicted molar refractivity (Wildman–Crippen MR) is 116 cm³/mol. The molecule has 7 nitrogen and oxygen atoms in total. The Morgan fingerprint density at radius 3 is 2.38 bits per heavy atom. The molecule has 0 unspecified atom stereocenters. The number of benzene rings is 2. The fraction of sp³-hybridized carbons (Fsp3) is 0.100. The Morgan fingerprint density at radius 2 is 1.75 bits per heavy atom. The number of alkyl halides is 3. The maximum atomic E-state index is 12.8. The van der Waals surface area contributed by atoms with E-state index < -0.39 is 28.3 Å². The van der Waals surface area contributed by atoms with E-state index in [0.717, 1.165) is 23.9 Å². The summed E-state index contributed by atoms with van der Waals surface area (Å²) >= 11 is 2.03. The van der Waals surface area contributed by atoms with Crippen LogP contribution >= 0.6 is 23.1 Å². The van der Waals surface area contributed by atoms with Crippen LogP contribution in [0.4, 0.5) is 30.2 Å². The zero-order valence-electron chi connectivity index (χ0n) is 16.0. The van der Waals surface area contributed by atoms with Crippen LogP contribution in [0.5, 0.6) is 0 Å². The highest BCUT2D eigenvalue weighted by Crippen LogP contribution is 2.36. The lowest BCUT2D eigenvalue weighted by molar-refractivity contribution is -0.388. The van der Waals surface area contributed by atoms with Gasteiger partial charge in [0.1, 0.15) is 0 Å². The summed E-state index contributed by atoms with van der Waals surface area (Å²) in [4.78, 5) is 35.0. The van der Waals surface area contributed by atoms with Crippen molar-refractivity contribution in [3.63, 3.8) is 0 Å². The lowest BCUT2D eigenvalue weighted by Crippen LogP contribution is -2.15. The highest BCUT2D eigenvalue weighted by molar-refractivity contribution is 8.00. The summed E-state index contributed by atoms with van der Waals surface area (Å²) in [5.74, 6) is -1.09. The molecule has 0 spiro atoms. The molecule has 0 radical (unpaired) electrons. The summed E-state index contributed by atoms with van der Waals surface area (Å²) in [6.07, 6.45) is -4.71. The van der Waals surface area contributed by atoms with Gasteiger partial charge in [-0.1, -0.05) is 12.1 Å². The van der Waals surface area contributed by atoms with Gasteiger partial charge in [0, 0.05) is 17.4 Å². The number of halogens is 3. The van der Waals surface area contributed by atoms with E-state index in [2.05, 4.69) is 10.6 Å². The number of hydrogen-bond acceptors (Lipinski definition) is 6. The van der Waals surface area contributed by atoms with E-state index in [4.69, 9.17) is 0 Å². The molecule has 0 saturated carbocycles. The fourth-order valence-electron chi connectivity index (χ4n) is 2.57. The first-order valence-corrected chi connectivity index (χ1v) is 10.7. The predicted octanol–water partition coefficient (Wildman–Crippen LogP) is 5.66. The SMILES string of the molecule is O=C(CSc1ccc(C(F)(F)F)cc1[N+](=O)[O-])Nc1cccc(NC(=O)c2cccs2)c1. The molecule has 1 heterocycles. The molecule has 0 fully saturated rings. The summed E-state index contributed by atoms with van der Waals surface area (Å²) in [5, 5.41) is 18.2. The number of anilines is 2. The number of nitro groups is 1. The first-order valence-electron chi connectivity index (χ1n) is 8.86. The number of thiophene rings is 1. The number of nitrogens with zero attached hydrogens (tertiary/aromatic N) is 1. The lowest BCUT2D eigenvalue weighted by Gasteiger charge is -2.10. The van der Waals surface area contributed by atoms with Crippen LogP contribution in [0.15, 0.2) is 64.9 Å². The summed E-state index contributed by atoms with van der Waals surface area (Å²) in [7, 11) is 0. The van der Waals surface area contributed by atoms with E-state index in [1.165, 1.54) is 17.4 Å². The zero-order valence-corrected chi connectivity index (χ0v) is 17.6. The average Bonchev–Trinajstić information content (AvgIpc) is 3.27. The van der Waals surface area contributed by atoms with Gasteiger partial charge in [-0.05, 0) is 41.8 Å². The summed E-state index contributed by atoms with van der Waals surface area (Å²) in [6, 6.07) is 11.9. The van der Waals surface area contributed by atoms with E-state index in [1.54, 1.807) is 35.7 Å². The van der Waals surface area contributed by atoms with Crippen molar-refractivity contribution < 1.29 is 27.7 Å². The second-order valence-electron chi connectivity index (χ2n) is 6.29. The molecule has 3 aromatic rings. The molecule has 0 atom stereocenters. The van der Waals surface area contributed by atoms with Crippen LogP contribution in [0, 0.1) is 10.1 Å². The smallest absolute Gasteiger partial charge is 0.325 e. The Bertz CT molecular complexity index is 1150. The molecular weight excluding hydrogens is 467 g/mol. The Labute approximate surface area is 187 Å². The van der Waals surface area contributed by atoms with Gasteiger partial charge in [-0.25, -0.2) is 0 Å². The highest BCUT2D eigenvalue weighted by atomic mass is 32.2. The number of nitrogens with one attached hydrogen (secondary N) is 2.